The molecule has 4 amide bonds. The molecule has 1 fully saturated rings. The van der Waals surface area contributed by atoms with E-state index in [1.54, 1.807) is 42.5 Å². The highest BCUT2D eigenvalue weighted by Gasteiger charge is 2.35. The Morgan fingerprint density at radius 3 is 2.55 bits per heavy atom. The Labute approximate surface area is 226 Å². The predicted octanol–water partition coefficient (Wildman–Crippen LogP) is 5.03. The third kappa shape index (κ3) is 6.24. The number of urea groups is 1. The fourth-order valence-corrected chi connectivity index (χ4v) is 4.28. The lowest BCUT2D eigenvalue weighted by Crippen LogP contribution is -2.38. The van der Waals surface area contributed by atoms with Crippen LogP contribution >= 0.6 is 15.9 Å². The van der Waals surface area contributed by atoms with Gasteiger partial charge in [-0.25, -0.2) is 9.69 Å². The fourth-order valence-electron chi connectivity index (χ4n) is 3.76. The quantitative estimate of drug-likeness (QED) is 0.158. The van der Waals surface area contributed by atoms with E-state index in [4.69, 9.17) is 4.74 Å². The van der Waals surface area contributed by atoms with Crippen molar-refractivity contribution in [1.82, 2.24) is 10.2 Å². The largest absolute Gasteiger partial charge is 0.488 e. The summed E-state index contributed by atoms with van der Waals surface area (Å²) in [5.41, 5.74) is 3.01. The minimum absolute atomic E-state index is 0.00175. The number of nitrogens with zero attached hydrogens (tertiary/aromatic N) is 2. The van der Waals surface area contributed by atoms with Crippen molar-refractivity contribution in [3.63, 3.8) is 0 Å². The van der Waals surface area contributed by atoms with Crippen LogP contribution in [0.2, 0.25) is 0 Å². The normalized spacial score (nSPS) is 13.9. The zero-order valence-electron chi connectivity index (χ0n) is 20.3. The number of rotatable bonds is 9. The van der Waals surface area contributed by atoms with Gasteiger partial charge in [-0.3, -0.25) is 19.7 Å². The monoisotopic (exact) mass is 578 g/mol. The Bertz CT molecular complexity index is 1440. The third-order valence-electron chi connectivity index (χ3n) is 5.74. The molecule has 2 N–H and O–H groups in total. The third-order valence-corrected chi connectivity index (χ3v) is 6.36. The van der Waals surface area contributed by atoms with Crippen molar-refractivity contribution in [2.24, 2.45) is 0 Å². The maximum absolute atomic E-state index is 12.8. The van der Waals surface area contributed by atoms with E-state index in [9.17, 15) is 24.5 Å². The summed E-state index contributed by atoms with van der Waals surface area (Å²) in [5.74, 6) is -0.561. The number of halogens is 1. The second-order valence-electron chi connectivity index (χ2n) is 8.34. The van der Waals surface area contributed by atoms with E-state index in [1.165, 1.54) is 18.2 Å². The van der Waals surface area contributed by atoms with Gasteiger partial charge in [-0.15, -0.1) is 0 Å². The smallest absolute Gasteiger partial charge is 0.329 e. The van der Waals surface area contributed by atoms with Crippen molar-refractivity contribution in [3.05, 3.63) is 104 Å². The van der Waals surface area contributed by atoms with Crippen molar-refractivity contribution >= 4 is 51.2 Å². The van der Waals surface area contributed by atoms with Gasteiger partial charge in [0.15, 0.2) is 0 Å². The van der Waals surface area contributed by atoms with Gasteiger partial charge in [-0.2, -0.15) is 0 Å². The molecule has 3 aromatic carbocycles. The molecule has 0 atom stereocenters. The zero-order chi connectivity index (χ0) is 27.2. The Hall–Kier alpha value is -4.51. The maximum Gasteiger partial charge on any atom is 0.329 e. The Morgan fingerprint density at radius 2 is 1.87 bits per heavy atom. The number of carbonyl (C=O) groups is 3. The van der Waals surface area contributed by atoms with Gasteiger partial charge in [0.25, 0.3) is 11.6 Å². The Balaban J connectivity index is 1.39. The van der Waals surface area contributed by atoms with Crippen LogP contribution in [-0.2, 0) is 22.6 Å². The lowest BCUT2D eigenvalue weighted by Gasteiger charge is -2.13. The molecule has 0 radical (unpaired) electrons. The number of hydrogen-bond acceptors (Lipinski definition) is 6. The predicted molar refractivity (Wildman–Crippen MR) is 144 cm³/mol. The summed E-state index contributed by atoms with van der Waals surface area (Å²) in [5, 5.41) is 16.1. The van der Waals surface area contributed by atoms with Crippen molar-refractivity contribution in [2.45, 2.75) is 20.0 Å². The second-order valence-corrected chi connectivity index (χ2v) is 9.19. The van der Waals surface area contributed by atoms with Crippen molar-refractivity contribution in [2.75, 3.05) is 11.9 Å². The highest BCUT2D eigenvalue weighted by Crippen LogP contribution is 2.28. The maximum atomic E-state index is 12.8. The molecule has 0 aromatic heterocycles. The van der Waals surface area contributed by atoms with Crippen LogP contribution in [0.15, 0.2) is 76.9 Å². The molecule has 194 valence electrons. The fraction of sp³-hybridized carbons (Fsp3) is 0.148. The number of aryl methyl sites for hydroxylation is 1. The van der Waals surface area contributed by atoms with Crippen molar-refractivity contribution < 1.29 is 24.0 Å². The number of ether oxygens (including phenoxy) is 1. The minimum atomic E-state index is -0.678. The van der Waals surface area contributed by atoms with Crippen LogP contribution in [0.4, 0.5) is 16.2 Å². The average molecular weight is 579 g/mol. The van der Waals surface area contributed by atoms with E-state index in [0.29, 0.717) is 21.5 Å². The molecule has 1 aliphatic heterocycles. The number of amides is 4. The molecule has 10 nitrogen and oxygen atoms in total. The number of imide groups is 1. The van der Waals surface area contributed by atoms with Crippen LogP contribution < -0.4 is 15.4 Å². The van der Waals surface area contributed by atoms with E-state index in [2.05, 4.69) is 26.6 Å². The number of hydrogen-bond donors (Lipinski definition) is 2. The molecule has 0 bridgehead atoms. The van der Waals surface area contributed by atoms with Gasteiger partial charge in [-0.1, -0.05) is 31.2 Å². The van der Waals surface area contributed by atoms with E-state index in [1.807, 2.05) is 19.1 Å². The first-order chi connectivity index (χ1) is 18.2. The molecule has 38 heavy (non-hydrogen) atoms. The standard InChI is InChI=1S/C27H23BrN4O6/c1-2-19-5-3-4-6-22(19)29-25(33)15-31-26(34)23(30-27(31)35)14-18-9-12-24(21(28)13-18)38-16-17-7-10-20(11-8-17)32(36)37/h3-14H,2,15-16H2,1H3,(H,29,33)(H,30,35)/b23-14+. The van der Waals surface area contributed by atoms with E-state index in [-0.39, 0.29) is 18.0 Å². The Kier molecular flexibility index (Phi) is 8.17. The number of para-hydroxylation sites is 1. The van der Waals surface area contributed by atoms with Gasteiger partial charge < -0.3 is 15.4 Å². The zero-order valence-corrected chi connectivity index (χ0v) is 21.9. The Morgan fingerprint density at radius 1 is 1.13 bits per heavy atom. The molecule has 0 saturated carbocycles. The van der Waals surface area contributed by atoms with Crippen LogP contribution in [0.3, 0.4) is 0 Å². The second kappa shape index (κ2) is 11.7. The van der Waals surface area contributed by atoms with Gasteiger partial charge in [0.05, 0.1) is 9.40 Å². The van der Waals surface area contributed by atoms with Crippen molar-refractivity contribution in [1.29, 1.82) is 0 Å². The highest BCUT2D eigenvalue weighted by atomic mass is 79.9. The molecule has 1 heterocycles. The SMILES string of the molecule is CCc1ccccc1NC(=O)CN1C(=O)N/C(=C/c2ccc(OCc3ccc([N+](=O)[O-])cc3)c(Br)c2)C1=O. The first-order valence-electron chi connectivity index (χ1n) is 11.6. The van der Waals surface area contributed by atoms with Crippen LogP contribution in [0.1, 0.15) is 23.6 Å². The number of nitro groups is 1. The number of nitrogens with one attached hydrogen (secondary N) is 2. The number of carbonyl (C=O) groups excluding carboxylic acids is 3. The average Bonchev–Trinajstić information content (AvgIpc) is 3.16. The topological polar surface area (TPSA) is 131 Å². The van der Waals surface area contributed by atoms with Gasteiger partial charge >= 0.3 is 6.03 Å². The lowest BCUT2D eigenvalue weighted by atomic mass is 10.1. The summed E-state index contributed by atoms with van der Waals surface area (Å²) in [6.07, 6.45) is 2.23. The summed E-state index contributed by atoms with van der Waals surface area (Å²) >= 11 is 3.44. The number of non-ortho nitro benzene ring substituents is 1. The summed E-state index contributed by atoms with van der Waals surface area (Å²) in [7, 11) is 0. The molecule has 1 aliphatic rings. The first-order valence-corrected chi connectivity index (χ1v) is 12.4. The van der Waals surface area contributed by atoms with E-state index in [0.717, 1.165) is 22.4 Å². The number of nitro benzene ring substituents is 1. The van der Waals surface area contributed by atoms with Gasteiger partial charge in [0, 0.05) is 17.8 Å². The van der Waals surface area contributed by atoms with Crippen LogP contribution in [0, 0.1) is 10.1 Å². The van der Waals surface area contributed by atoms with Crippen LogP contribution in [0.5, 0.6) is 5.75 Å². The highest BCUT2D eigenvalue weighted by molar-refractivity contribution is 9.10. The molecule has 0 aliphatic carbocycles. The summed E-state index contributed by atoms with van der Waals surface area (Å²) in [6.45, 7) is 1.75. The minimum Gasteiger partial charge on any atom is -0.488 e. The molecular weight excluding hydrogens is 556 g/mol. The van der Waals surface area contributed by atoms with Crippen LogP contribution in [0.25, 0.3) is 6.08 Å². The molecular formula is C27H23BrN4O6. The molecule has 1 saturated heterocycles. The summed E-state index contributed by atoms with van der Waals surface area (Å²) < 4.78 is 6.39. The molecule has 0 unspecified atom stereocenters. The molecule has 11 heteroatoms. The first kappa shape index (κ1) is 26.6. The van der Waals surface area contributed by atoms with Gasteiger partial charge in [0.1, 0.15) is 24.6 Å². The van der Waals surface area contributed by atoms with E-state index < -0.39 is 29.3 Å². The lowest BCUT2D eigenvalue weighted by molar-refractivity contribution is -0.384. The van der Waals surface area contributed by atoms with Gasteiger partial charge in [-0.05, 0) is 75.4 Å². The number of benzene rings is 3. The van der Waals surface area contributed by atoms with Crippen LogP contribution in [-0.4, -0.2) is 34.2 Å². The summed E-state index contributed by atoms with van der Waals surface area (Å²) in [6, 6.07) is 17.8. The van der Waals surface area contributed by atoms with Gasteiger partial charge in [0.2, 0.25) is 5.91 Å². The van der Waals surface area contributed by atoms with E-state index >= 15 is 0 Å². The van der Waals surface area contributed by atoms with Crippen molar-refractivity contribution in [3.8, 4) is 5.75 Å². The molecule has 0 spiro atoms. The summed E-state index contributed by atoms with van der Waals surface area (Å²) in [4.78, 5) is 48.9. The molecule has 4 rings (SSSR count). The molecule has 3 aromatic rings. The number of anilines is 1.